The fourth-order valence-corrected chi connectivity index (χ4v) is 2.60. The Bertz CT molecular complexity index is 591. The van der Waals surface area contributed by atoms with E-state index in [9.17, 15) is 0 Å². The molecule has 0 aliphatic rings. The molecule has 0 aromatic heterocycles. The molecule has 2 nitrogen and oxygen atoms in total. The van der Waals surface area contributed by atoms with Crippen molar-refractivity contribution in [2.45, 2.75) is 13.5 Å². The minimum absolute atomic E-state index is 0.345. The monoisotopic (exact) mass is 315 g/mol. The molecule has 5 heteroatoms. The summed E-state index contributed by atoms with van der Waals surface area (Å²) in [5.74, 6) is 0.426. The molecule has 0 aliphatic carbocycles. The molecule has 0 atom stereocenters. The van der Waals surface area contributed by atoms with Gasteiger partial charge in [0.2, 0.25) is 0 Å². The fraction of sp³-hybridized carbons (Fsp3) is 0.143. The molecule has 0 radical (unpaired) electrons. The lowest BCUT2D eigenvalue weighted by Crippen LogP contribution is -2.01. The van der Waals surface area contributed by atoms with Crippen LogP contribution in [0.5, 0.6) is 5.75 Å². The topological polar surface area (TPSA) is 35.2 Å². The van der Waals surface area contributed by atoms with Gasteiger partial charge in [-0.05, 0) is 36.2 Å². The van der Waals surface area contributed by atoms with Gasteiger partial charge in [0.25, 0.3) is 0 Å². The van der Waals surface area contributed by atoms with E-state index < -0.39 is 0 Å². The number of nitrogens with two attached hydrogens (primary N) is 1. The summed E-state index contributed by atoms with van der Waals surface area (Å²) in [5.41, 5.74) is 8.55. The number of anilines is 1. The van der Waals surface area contributed by atoms with Crippen LogP contribution in [0, 0.1) is 6.92 Å². The Hall–Kier alpha value is -1.09. The van der Waals surface area contributed by atoms with Gasteiger partial charge >= 0.3 is 0 Å². The molecule has 0 saturated heterocycles. The minimum atomic E-state index is 0.345. The maximum atomic E-state index is 6.05. The lowest BCUT2D eigenvalue weighted by molar-refractivity contribution is 0.306. The van der Waals surface area contributed by atoms with Crippen molar-refractivity contribution in [3.8, 4) is 5.75 Å². The Labute approximate surface area is 127 Å². The van der Waals surface area contributed by atoms with E-state index in [0.29, 0.717) is 27.4 Å². The van der Waals surface area contributed by atoms with E-state index in [0.717, 1.165) is 16.8 Å². The zero-order valence-corrected chi connectivity index (χ0v) is 12.5. The van der Waals surface area contributed by atoms with Crippen molar-refractivity contribution in [3.05, 3.63) is 56.5 Å². The average Bonchev–Trinajstić information content (AvgIpc) is 2.33. The second-order valence-corrected chi connectivity index (χ2v) is 5.37. The highest BCUT2D eigenvalue weighted by atomic mass is 35.5. The van der Waals surface area contributed by atoms with Gasteiger partial charge in [-0.1, -0.05) is 46.9 Å². The van der Waals surface area contributed by atoms with E-state index in [2.05, 4.69) is 0 Å². The highest BCUT2D eigenvalue weighted by Crippen LogP contribution is 2.36. The first-order chi connectivity index (χ1) is 8.99. The first-order valence-corrected chi connectivity index (χ1v) is 6.73. The van der Waals surface area contributed by atoms with E-state index in [1.54, 1.807) is 12.1 Å². The van der Waals surface area contributed by atoms with E-state index in [1.165, 1.54) is 0 Å². The van der Waals surface area contributed by atoms with Gasteiger partial charge in [-0.15, -0.1) is 0 Å². The molecule has 2 aromatic rings. The van der Waals surface area contributed by atoms with E-state index in [4.69, 9.17) is 45.3 Å². The van der Waals surface area contributed by atoms with Crippen LogP contribution < -0.4 is 10.5 Å². The quantitative estimate of drug-likeness (QED) is 0.798. The Morgan fingerprint density at radius 2 is 1.74 bits per heavy atom. The van der Waals surface area contributed by atoms with Crippen LogP contribution in [0.1, 0.15) is 11.1 Å². The molecular weight excluding hydrogens is 305 g/mol. The van der Waals surface area contributed by atoms with Crippen molar-refractivity contribution in [2.24, 2.45) is 0 Å². The summed E-state index contributed by atoms with van der Waals surface area (Å²) >= 11 is 18.0. The van der Waals surface area contributed by atoms with Crippen LogP contribution in [0.25, 0.3) is 0 Å². The fourth-order valence-electron chi connectivity index (χ4n) is 1.68. The van der Waals surface area contributed by atoms with E-state index >= 15 is 0 Å². The summed E-state index contributed by atoms with van der Waals surface area (Å²) in [4.78, 5) is 0. The third kappa shape index (κ3) is 3.27. The molecule has 0 unspecified atom stereocenters. The Kier molecular flexibility index (Phi) is 4.46. The van der Waals surface area contributed by atoms with Crippen molar-refractivity contribution in [3.63, 3.8) is 0 Å². The van der Waals surface area contributed by atoms with Gasteiger partial charge in [-0.25, -0.2) is 0 Å². The summed E-state index contributed by atoms with van der Waals surface area (Å²) in [6.45, 7) is 2.29. The molecule has 0 fully saturated rings. The first-order valence-electron chi connectivity index (χ1n) is 5.60. The standard InChI is InChI=1S/C14H12Cl3NO/c1-8-9(3-2-4-13(8)18)7-19-14-11(16)5-10(15)6-12(14)17/h2-6H,7,18H2,1H3. The maximum absolute atomic E-state index is 6.05. The molecule has 0 amide bonds. The predicted octanol–water partition coefficient (Wildman–Crippen LogP) is 5.12. The minimum Gasteiger partial charge on any atom is -0.486 e. The Morgan fingerprint density at radius 1 is 1.11 bits per heavy atom. The molecular formula is C14H12Cl3NO. The summed E-state index contributed by atoms with van der Waals surface area (Å²) in [6, 6.07) is 8.86. The van der Waals surface area contributed by atoms with Crippen molar-refractivity contribution in [1.29, 1.82) is 0 Å². The van der Waals surface area contributed by atoms with Crippen molar-refractivity contribution in [1.82, 2.24) is 0 Å². The number of hydrogen-bond acceptors (Lipinski definition) is 2. The smallest absolute Gasteiger partial charge is 0.157 e. The van der Waals surface area contributed by atoms with Crippen LogP contribution in [0.2, 0.25) is 15.1 Å². The number of nitrogen functional groups attached to an aromatic ring is 1. The van der Waals surface area contributed by atoms with Gasteiger partial charge in [-0.3, -0.25) is 0 Å². The molecule has 0 saturated carbocycles. The summed E-state index contributed by atoms with van der Waals surface area (Å²) in [7, 11) is 0. The highest BCUT2D eigenvalue weighted by molar-refractivity contribution is 6.40. The number of hydrogen-bond donors (Lipinski definition) is 1. The Balaban J connectivity index is 2.22. The zero-order valence-electron chi connectivity index (χ0n) is 10.2. The van der Waals surface area contributed by atoms with Gasteiger partial charge in [0.15, 0.2) is 5.75 Å². The number of rotatable bonds is 3. The average molecular weight is 317 g/mol. The first kappa shape index (κ1) is 14.3. The molecule has 0 heterocycles. The Morgan fingerprint density at radius 3 is 2.37 bits per heavy atom. The molecule has 19 heavy (non-hydrogen) atoms. The normalized spacial score (nSPS) is 10.5. The van der Waals surface area contributed by atoms with Crippen molar-refractivity contribution >= 4 is 40.5 Å². The number of halogens is 3. The van der Waals surface area contributed by atoms with E-state index in [-0.39, 0.29) is 0 Å². The molecule has 2 rings (SSSR count). The van der Waals surface area contributed by atoms with Crippen molar-refractivity contribution < 1.29 is 4.74 Å². The van der Waals surface area contributed by atoms with Crippen LogP contribution in [-0.4, -0.2) is 0 Å². The second kappa shape index (κ2) is 5.91. The lowest BCUT2D eigenvalue weighted by atomic mass is 10.1. The largest absolute Gasteiger partial charge is 0.486 e. The summed E-state index contributed by atoms with van der Waals surface area (Å²) < 4.78 is 5.67. The van der Waals surface area contributed by atoms with Crippen LogP contribution in [0.4, 0.5) is 5.69 Å². The number of benzene rings is 2. The molecule has 0 aliphatic heterocycles. The third-order valence-corrected chi connectivity index (χ3v) is 3.60. The highest BCUT2D eigenvalue weighted by Gasteiger charge is 2.10. The van der Waals surface area contributed by atoms with Gasteiger partial charge in [-0.2, -0.15) is 0 Å². The van der Waals surface area contributed by atoms with Gasteiger partial charge < -0.3 is 10.5 Å². The SMILES string of the molecule is Cc1c(N)cccc1COc1c(Cl)cc(Cl)cc1Cl. The van der Waals surface area contributed by atoms with Crippen LogP contribution in [0.15, 0.2) is 30.3 Å². The molecule has 0 bridgehead atoms. The summed E-state index contributed by atoms with van der Waals surface area (Å²) in [5, 5.41) is 1.25. The zero-order chi connectivity index (χ0) is 14.0. The molecule has 2 aromatic carbocycles. The van der Waals surface area contributed by atoms with Gasteiger partial charge in [0.05, 0.1) is 10.0 Å². The van der Waals surface area contributed by atoms with Crippen LogP contribution >= 0.6 is 34.8 Å². The van der Waals surface area contributed by atoms with E-state index in [1.807, 2.05) is 25.1 Å². The van der Waals surface area contributed by atoms with Gasteiger partial charge in [0.1, 0.15) is 6.61 Å². The molecule has 100 valence electrons. The molecule has 2 N–H and O–H groups in total. The number of ether oxygens (including phenoxy) is 1. The van der Waals surface area contributed by atoms with Gasteiger partial charge in [0, 0.05) is 10.7 Å². The van der Waals surface area contributed by atoms with Crippen molar-refractivity contribution in [2.75, 3.05) is 5.73 Å². The lowest BCUT2D eigenvalue weighted by Gasteiger charge is -2.12. The maximum Gasteiger partial charge on any atom is 0.157 e. The summed E-state index contributed by atoms with van der Waals surface area (Å²) in [6.07, 6.45) is 0. The second-order valence-electron chi connectivity index (χ2n) is 4.12. The molecule has 0 spiro atoms. The van der Waals surface area contributed by atoms with Crippen LogP contribution in [0.3, 0.4) is 0 Å². The predicted molar refractivity (Wildman–Crippen MR) is 81.4 cm³/mol. The van der Waals surface area contributed by atoms with Crippen LogP contribution in [-0.2, 0) is 6.61 Å². The third-order valence-electron chi connectivity index (χ3n) is 2.82.